The summed E-state index contributed by atoms with van der Waals surface area (Å²) in [5.41, 5.74) is 2.22. The van der Waals surface area contributed by atoms with Gasteiger partial charge in [0, 0.05) is 37.6 Å². The van der Waals surface area contributed by atoms with Gasteiger partial charge in [0.1, 0.15) is 5.69 Å². The Bertz CT molecular complexity index is 742. The van der Waals surface area contributed by atoms with Crippen molar-refractivity contribution in [1.29, 1.82) is 0 Å². The number of rotatable bonds is 3. The lowest BCUT2D eigenvalue weighted by Gasteiger charge is -2.32. The number of fused-ring (bicyclic) bond motifs is 1. The number of hydrogen-bond acceptors (Lipinski definition) is 6. The number of amides is 2. The van der Waals surface area contributed by atoms with Crippen molar-refractivity contribution < 1.29 is 32.7 Å². The molecule has 2 fully saturated rings. The number of nitrogens with zero attached hydrogens (tertiary/aromatic N) is 3. The third-order valence-corrected chi connectivity index (χ3v) is 5.59. The smallest absolute Gasteiger partial charge is 0.475 e. The van der Waals surface area contributed by atoms with Gasteiger partial charge in [-0.05, 0) is 26.2 Å². The van der Waals surface area contributed by atoms with Crippen LogP contribution in [-0.2, 0) is 9.59 Å². The topological polar surface area (TPSA) is 103 Å². The van der Waals surface area contributed by atoms with Crippen LogP contribution in [0.15, 0.2) is 10.9 Å². The summed E-state index contributed by atoms with van der Waals surface area (Å²) in [6.45, 7) is 5.64. The summed E-state index contributed by atoms with van der Waals surface area (Å²) in [4.78, 5) is 41.8. The fourth-order valence-corrected chi connectivity index (χ4v) is 4.39. The van der Waals surface area contributed by atoms with E-state index in [0.29, 0.717) is 18.2 Å². The molecule has 3 rings (SSSR count). The molecule has 0 spiro atoms. The molecular formula is C17H23F3N4O4S. The normalized spacial score (nSPS) is 24.1. The highest BCUT2D eigenvalue weighted by atomic mass is 32.1. The number of aliphatic carboxylic acids is 1. The van der Waals surface area contributed by atoms with Crippen molar-refractivity contribution in [3.05, 3.63) is 16.6 Å². The fourth-order valence-electron chi connectivity index (χ4n) is 3.86. The van der Waals surface area contributed by atoms with E-state index in [-0.39, 0.29) is 29.9 Å². The highest BCUT2D eigenvalue weighted by Crippen LogP contribution is 2.37. The summed E-state index contributed by atoms with van der Waals surface area (Å²) >= 11 is 1.44. The van der Waals surface area contributed by atoms with Crippen molar-refractivity contribution in [1.82, 2.24) is 20.1 Å². The molecule has 2 aliphatic heterocycles. The maximum atomic E-state index is 12.5. The SMILES string of the molecule is CNC(=O)[C@H]1C[C@@H]2CN(C(=O)c3cscn3)C[C@@H]2N1C(C)C.O=C(O)C(F)(F)F. The lowest BCUT2D eigenvalue weighted by Crippen LogP contribution is -2.50. The molecule has 3 heterocycles. The van der Waals surface area contributed by atoms with Crippen LogP contribution in [0.25, 0.3) is 0 Å². The number of carboxylic acid groups (broad SMARTS) is 1. The number of carbonyl (C=O) groups is 3. The maximum absolute atomic E-state index is 12.5. The molecule has 0 aliphatic carbocycles. The highest BCUT2D eigenvalue weighted by Gasteiger charge is 2.50. The summed E-state index contributed by atoms with van der Waals surface area (Å²) in [7, 11) is 1.69. The molecule has 1 aromatic rings. The van der Waals surface area contributed by atoms with Crippen LogP contribution >= 0.6 is 11.3 Å². The molecule has 0 radical (unpaired) electrons. The number of aromatic nitrogens is 1. The number of halogens is 3. The summed E-state index contributed by atoms with van der Waals surface area (Å²) in [5.74, 6) is -2.30. The predicted molar refractivity (Wildman–Crippen MR) is 98.4 cm³/mol. The quantitative estimate of drug-likeness (QED) is 0.744. The number of carboxylic acids is 1. The monoisotopic (exact) mass is 436 g/mol. The van der Waals surface area contributed by atoms with Crippen LogP contribution in [0.5, 0.6) is 0 Å². The largest absolute Gasteiger partial charge is 0.490 e. The van der Waals surface area contributed by atoms with Crippen LogP contribution < -0.4 is 5.32 Å². The average molecular weight is 436 g/mol. The lowest BCUT2D eigenvalue weighted by atomic mass is 10.0. The summed E-state index contributed by atoms with van der Waals surface area (Å²) < 4.78 is 31.7. The fraction of sp³-hybridized carbons (Fsp3) is 0.647. The van der Waals surface area contributed by atoms with Gasteiger partial charge >= 0.3 is 12.1 Å². The second-order valence-electron chi connectivity index (χ2n) is 7.12. The van der Waals surface area contributed by atoms with Gasteiger partial charge in [0.2, 0.25) is 5.91 Å². The molecule has 8 nitrogen and oxygen atoms in total. The first kappa shape index (κ1) is 23.1. The van der Waals surface area contributed by atoms with E-state index in [1.54, 1.807) is 17.9 Å². The molecule has 0 bridgehead atoms. The number of likely N-dealkylation sites (N-methyl/N-ethyl adjacent to an activating group) is 1. The molecule has 12 heteroatoms. The van der Waals surface area contributed by atoms with Gasteiger partial charge in [0.05, 0.1) is 11.6 Å². The maximum Gasteiger partial charge on any atom is 0.490 e. The van der Waals surface area contributed by atoms with Crippen LogP contribution in [0.4, 0.5) is 13.2 Å². The highest BCUT2D eigenvalue weighted by molar-refractivity contribution is 7.07. The van der Waals surface area contributed by atoms with Crippen LogP contribution in [0.2, 0.25) is 0 Å². The van der Waals surface area contributed by atoms with Crippen molar-refractivity contribution in [2.45, 2.75) is 44.6 Å². The second-order valence-corrected chi connectivity index (χ2v) is 7.84. The zero-order valence-corrected chi connectivity index (χ0v) is 17.0. The lowest BCUT2D eigenvalue weighted by molar-refractivity contribution is -0.192. The Balaban J connectivity index is 0.000000370. The van der Waals surface area contributed by atoms with E-state index in [4.69, 9.17) is 9.90 Å². The average Bonchev–Trinajstić information content (AvgIpc) is 3.34. The number of hydrogen-bond donors (Lipinski definition) is 2. The Morgan fingerprint density at radius 1 is 1.31 bits per heavy atom. The molecule has 3 atom stereocenters. The van der Waals surface area contributed by atoms with E-state index in [0.717, 1.165) is 13.0 Å². The Labute approximate surface area is 169 Å². The van der Waals surface area contributed by atoms with E-state index >= 15 is 0 Å². The standard InChI is InChI=1S/C15H22N4O2S.C2HF3O2/c1-9(2)19-12(14(20)16-3)4-10-5-18(6-13(10)19)15(21)11-7-22-8-17-11;3-2(4,5)1(6)7/h7-10,12-13H,4-6H2,1-3H3,(H,16,20);(H,6,7)/t10-,12-,13+;/m1./s1. The molecule has 0 aromatic carbocycles. The van der Waals surface area contributed by atoms with E-state index in [9.17, 15) is 22.8 Å². The van der Waals surface area contributed by atoms with Crippen molar-refractivity contribution in [3.63, 3.8) is 0 Å². The van der Waals surface area contributed by atoms with E-state index < -0.39 is 12.1 Å². The van der Waals surface area contributed by atoms with E-state index in [1.165, 1.54) is 11.3 Å². The molecule has 162 valence electrons. The van der Waals surface area contributed by atoms with Crippen LogP contribution in [0, 0.1) is 5.92 Å². The number of alkyl halides is 3. The molecule has 1 aromatic heterocycles. The second kappa shape index (κ2) is 9.08. The number of likely N-dealkylation sites (tertiary alicyclic amines) is 2. The van der Waals surface area contributed by atoms with E-state index in [1.807, 2.05) is 4.90 Å². The van der Waals surface area contributed by atoms with Gasteiger partial charge in [-0.15, -0.1) is 11.3 Å². The molecule has 0 saturated carbocycles. The summed E-state index contributed by atoms with van der Waals surface area (Å²) in [6, 6.07) is 0.480. The Morgan fingerprint density at radius 3 is 2.38 bits per heavy atom. The predicted octanol–water partition coefficient (Wildman–Crippen LogP) is 1.45. The first-order valence-electron chi connectivity index (χ1n) is 8.94. The molecule has 0 unspecified atom stereocenters. The van der Waals surface area contributed by atoms with Crippen molar-refractivity contribution in [3.8, 4) is 0 Å². The summed E-state index contributed by atoms with van der Waals surface area (Å²) in [5, 5.41) is 11.7. The molecule has 2 aliphatic rings. The van der Waals surface area contributed by atoms with Gasteiger partial charge in [-0.25, -0.2) is 9.78 Å². The van der Waals surface area contributed by atoms with Gasteiger partial charge in [-0.3, -0.25) is 14.5 Å². The van der Waals surface area contributed by atoms with Crippen LogP contribution in [-0.4, -0.2) is 82.1 Å². The van der Waals surface area contributed by atoms with Crippen molar-refractivity contribution in [2.75, 3.05) is 20.1 Å². The Morgan fingerprint density at radius 2 is 1.93 bits per heavy atom. The zero-order valence-electron chi connectivity index (χ0n) is 16.1. The molecule has 2 saturated heterocycles. The molecule has 2 N–H and O–H groups in total. The summed E-state index contributed by atoms with van der Waals surface area (Å²) in [6.07, 6.45) is -4.26. The van der Waals surface area contributed by atoms with Crippen LogP contribution in [0.3, 0.4) is 0 Å². The number of thiazole rings is 1. The van der Waals surface area contributed by atoms with Gasteiger partial charge in [0.25, 0.3) is 5.91 Å². The number of nitrogens with one attached hydrogen (secondary N) is 1. The van der Waals surface area contributed by atoms with Gasteiger partial charge in [-0.1, -0.05) is 0 Å². The minimum absolute atomic E-state index is 0.0100. The zero-order chi connectivity index (χ0) is 21.9. The Hall–Kier alpha value is -2.21. The van der Waals surface area contributed by atoms with Crippen LogP contribution in [0.1, 0.15) is 30.8 Å². The van der Waals surface area contributed by atoms with Crippen molar-refractivity contribution in [2.24, 2.45) is 5.92 Å². The first-order chi connectivity index (χ1) is 13.5. The van der Waals surface area contributed by atoms with E-state index in [2.05, 4.69) is 29.0 Å². The minimum Gasteiger partial charge on any atom is -0.475 e. The molecule has 29 heavy (non-hydrogen) atoms. The van der Waals surface area contributed by atoms with Crippen molar-refractivity contribution >= 4 is 29.1 Å². The Kier molecular flexibility index (Phi) is 7.22. The van der Waals surface area contributed by atoms with Gasteiger partial charge in [-0.2, -0.15) is 13.2 Å². The third kappa shape index (κ3) is 5.24. The minimum atomic E-state index is -5.08. The third-order valence-electron chi connectivity index (χ3n) is 5.00. The van der Waals surface area contributed by atoms with Gasteiger partial charge in [0.15, 0.2) is 0 Å². The molecule has 2 amide bonds. The van der Waals surface area contributed by atoms with Gasteiger partial charge < -0.3 is 15.3 Å². The number of carbonyl (C=O) groups excluding carboxylic acids is 2. The first-order valence-corrected chi connectivity index (χ1v) is 9.88. The molecular weight excluding hydrogens is 413 g/mol.